The van der Waals surface area contributed by atoms with Gasteiger partial charge in [0.2, 0.25) is 12.1 Å². The predicted molar refractivity (Wildman–Crippen MR) is 40.3 cm³/mol. The Balaban J connectivity index is 2.63. The first-order valence-electron chi connectivity index (χ1n) is 3.93. The number of rotatable bonds is 2. The van der Waals surface area contributed by atoms with E-state index >= 15 is 0 Å². The van der Waals surface area contributed by atoms with E-state index in [1.54, 1.807) is 0 Å². The molecule has 0 aromatic rings. The maximum Gasteiger partial charge on any atom is 0.250 e. The number of halogens is 1. The van der Waals surface area contributed by atoms with Gasteiger partial charge in [0.15, 0.2) is 6.17 Å². The van der Waals surface area contributed by atoms with Gasteiger partial charge < -0.3 is 0 Å². The SMILES string of the molecule is O=[N+]([O-])C1CCC(F)C([N+](=O)[O-])C1. The fourth-order valence-corrected chi connectivity index (χ4v) is 1.50. The molecule has 1 fully saturated rings. The Morgan fingerprint density at radius 2 is 1.77 bits per heavy atom. The fraction of sp³-hybridized carbons (Fsp3) is 1.00. The normalized spacial score (nSPS) is 34.1. The number of nitrogens with zero attached hydrogens (tertiary/aromatic N) is 2. The van der Waals surface area contributed by atoms with Crippen LogP contribution in [0.3, 0.4) is 0 Å². The van der Waals surface area contributed by atoms with Gasteiger partial charge in [-0.3, -0.25) is 20.2 Å². The van der Waals surface area contributed by atoms with Crippen molar-refractivity contribution in [2.75, 3.05) is 0 Å². The summed E-state index contributed by atoms with van der Waals surface area (Å²) in [6.45, 7) is 0. The standard InChI is InChI=1S/C6H9FN2O4/c7-5-2-1-4(8(10)11)3-6(5)9(12)13/h4-6H,1-3H2. The van der Waals surface area contributed by atoms with E-state index in [-0.39, 0.29) is 19.3 Å². The van der Waals surface area contributed by atoms with Gasteiger partial charge in [-0.15, -0.1) is 0 Å². The third-order valence-corrected chi connectivity index (χ3v) is 2.28. The Morgan fingerprint density at radius 3 is 2.23 bits per heavy atom. The third kappa shape index (κ3) is 2.10. The smallest absolute Gasteiger partial charge is 0.250 e. The van der Waals surface area contributed by atoms with Crippen LogP contribution >= 0.6 is 0 Å². The molecule has 0 aromatic heterocycles. The molecule has 3 unspecified atom stereocenters. The van der Waals surface area contributed by atoms with Crippen LogP contribution in [-0.2, 0) is 0 Å². The minimum atomic E-state index is -1.54. The summed E-state index contributed by atoms with van der Waals surface area (Å²) >= 11 is 0. The van der Waals surface area contributed by atoms with Gasteiger partial charge in [-0.25, -0.2) is 4.39 Å². The van der Waals surface area contributed by atoms with E-state index in [2.05, 4.69) is 0 Å². The number of nitro groups is 2. The van der Waals surface area contributed by atoms with Crippen LogP contribution in [0.2, 0.25) is 0 Å². The fourth-order valence-electron chi connectivity index (χ4n) is 1.50. The minimum Gasteiger partial charge on any atom is -0.264 e. The van der Waals surface area contributed by atoms with Crippen LogP contribution in [0.25, 0.3) is 0 Å². The lowest BCUT2D eigenvalue weighted by Crippen LogP contribution is -2.41. The molecule has 13 heavy (non-hydrogen) atoms. The van der Waals surface area contributed by atoms with Crippen molar-refractivity contribution in [3.05, 3.63) is 20.2 Å². The molecule has 1 aliphatic carbocycles. The first kappa shape index (κ1) is 9.82. The molecule has 1 saturated carbocycles. The molecule has 1 rings (SSSR count). The molecule has 0 saturated heterocycles. The molecule has 0 amide bonds. The number of alkyl halides is 1. The molecular weight excluding hydrogens is 183 g/mol. The van der Waals surface area contributed by atoms with Gasteiger partial charge in [0, 0.05) is 16.3 Å². The van der Waals surface area contributed by atoms with E-state index in [0.29, 0.717) is 0 Å². The van der Waals surface area contributed by atoms with Crippen LogP contribution in [0.4, 0.5) is 4.39 Å². The minimum absolute atomic E-state index is 0.0860. The molecule has 0 heterocycles. The Kier molecular flexibility index (Phi) is 2.74. The van der Waals surface area contributed by atoms with E-state index in [0.717, 1.165) is 0 Å². The summed E-state index contributed by atoms with van der Waals surface area (Å²) in [5, 5.41) is 20.6. The molecule has 74 valence electrons. The van der Waals surface area contributed by atoms with Crippen LogP contribution in [-0.4, -0.2) is 28.1 Å². The van der Waals surface area contributed by atoms with Crippen molar-refractivity contribution in [1.82, 2.24) is 0 Å². The van der Waals surface area contributed by atoms with Gasteiger partial charge >= 0.3 is 0 Å². The Bertz CT molecular complexity index is 235. The molecule has 6 nitrogen and oxygen atoms in total. The van der Waals surface area contributed by atoms with E-state index in [9.17, 15) is 24.6 Å². The lowest BCUT2D eigenvalue weighted by molar-refractivity contribution is -0.573. The van der Waals surface area contributed by atoms with E-state index in [1.165, 1.54) is 0 Å². The summed E-state index contributed by atoms with van der Waals surface area (Å²) < 4.78 is 12.9. The van der Waals surface area contributed by atoms with E-state index in [4.69, 9.17) is 0 Å². The van der Waals surface area contributed by atoms with Crippen molar-refractivity contribution < 1.29 is 14.2 Å². The lowest BCUT2D eigenvalue weighted by Gasteiger charge is -2.21. The zero-order chi connectivity index (χ0) is 10.0. The van der Waals surface area contributed by atoms with Crippen LogP contribution in [0, 0.1) is 20.2 Å². The summed E-state index contributed by atoms with van der Waals surface area (Å²) in [7, 11) is 0. The monoisotopic (exact) mass is 192 g/mol. The highest BCUT2D eigenvalue weighted by Gasteiger charge is 2.43. The summed E-state index contributed by atoms with van der Waals surface area (Å²) in [5.41, 5.74) is 0. The zero-order valence-electron chi connectivity index (χ0n) is 6.76. The van der Waals surface area contributed by atoms with Gasteiger partial charge in [-0.1, -0.05) is 0 Å². The summed E-state index contributed by atoms with van der Waals surface area (Å²) in [6.07, 6.45) is -1.82. The van der Waals surface area contributed by atoms with Crippen LogP contribution in [0.5, 0.6) is 0 Å². The first-order chi connectivity index (χ1) is 6.02. The van der Waals surface area contributed by atoms with Crippen molar-refractivity contribution in [3.8, 4) is 0 Å². The number of hydrogen-bond donors (Lipinski definition) is 0. The average Bonchev–Trinajstić information content (AvgIpc) is 2.04. The van der Waals surface area contributed by atoms with Gasteiger partial charge in [0.1, 0.15) is 0 Å². The second-order valence-electron chi connectivity index (χ2n) is 3.12. The van der Waals surface area contributed by atoms with Crippen LogP contribution < -0.4 is 0 Å². The van der Waals surface area contributed by atoms with Gasteiger partial charge in [0.25, 0.3) is 0 Å². The molecular formula is C6H9FN2O4. The lowest BCUT2D eigenvalue weighted by atomic mass is 9.90. The summed E-state index contributed by atoms with van der Waals surface area (Å²) in [4.78, 5) is 19.2. The maximum absolute atomic E-state index is 12.9. The van der Waals surface area contributed by atoms with Crippen molar-refractivity contribution >= 4 is 0 Å². The highest BCUT2D eigenvalue weighted by molar-refractivity contribution is 4.79. The van der Waals surface area contributed by atoms with Gasteiger partial charge in [-0.2, -0.15) is 0 Å². The zero-order valence-corrected chi connectivity index (χ0v) is 6.76. The maximum atomic E-state index is 12.9. The molecule has 0 N–H and O–H groups in total. The molecule has 3 atom stereocenters. The molecule has 0 spiro atoms. The van der Waals surface area contributed by atoms with E-state index in [1.807, 2.05) is 0 Å². The third-order valence-electron chi connectivity index (χ3n) is 2.28. The summed E-state index contributed by atoms with van der Waals surface area (Å²) in [5.74, 6) is 0. The molecule has 0 aliphatic heterocycles. The summed E-state index contributed by atoms with van der Waals surface area (Å²) in [6, 6.07) is -2.36. The van der Waals surface area contributed by atoms with Crippen molar-refractivity contribution in [2.45, 2.75) is 37.5 Å². The largest absolute Gasteiger partial charge is 0.264 e. The number of hydrogen-bond acceptors (Lipinski definition) is 4. The first-order valence-corrected chi connectivity index (χ1v) is 3.93. The average molecular weight is 192 g/mol. The van der Waals surface area contributed by atoms with Gasteiger partial charge in [-0.05, 0) is 6.42 Å². The Labute approximate surface area is 73.0 Å². The van der Waals surface area contributed by atoms with Gasteiger partial charge in [0.05, 0.1) is 6.42 Å². The second-order valence-corrected chi connectivity index (χ2v) is 3.12. The topological polar surface area (TPSA) is 86.3 Å². The molecule has 1 aliphatic rings. The Hall–Kier alpha value is -1.27. The predicted octanol–water partition coefficient (Wildman–Crippen LogP) is 0.799. The quantitative estimate of drug-likeness (QED) is 0.478. The van der Waals surface area contributed by atoms with E-state index < -0.39 is 28.1 Å². The molecule has 0 aromatic carbocycles. The highest BCUT2D eigenvalue weighted by Crippen LogP contribution is 2.25. The Morgan fingerprint density at radius 1 is 1.15 bits per heavy atom. The molecule has 0 radical (unpaired) electrons. The van der Waals surface area contributed by atoms with Crippen LogP contribution in [0.1, 0.15) is 19.3 Å². The van der Waals surface area contributed by atoms with Crippen molar-refractivity contribution in [1.29, 1.82) is 0 Å². The molecule has 7 heteroatoms. The van der Waals surface area contributed by atoms with Crippen molar-refractivity contribution in [3.63, 3.8) is 0 Å². The second kappa shape index (κ2) is 3.63. The highest BCUT2D eigenvalue weighted by atomic mass is 19.1. The van der Waals surface area contributed by atoms with Crippen molar-refractivity contribution in [2.24, 2.45) is 0 Å². The molecule has 0 bridgehead atoms. The van der Waals surface area contributed by atoms with Crippen LogP contribution in [0.15, 0.2) is 0 Å².